The third-order valence-electron chi connectivity index (χ3n) is 8.55. The van der Waals surface area contributed by atoms with E-state index in [4.69, 9.17) is 11.6 Å². The van der Waals surface area contributed by atoms with Crippen molar-refractivity contribution < 1.29 is 32.3 Å². The van der Waals surface area contributed by atoms with Crippen molar-refractivity contribution in [2.24, 2.45) is 0 Å². The van der Waals surface area contributed by atoms with Crippen molar-refractivity contribution in [2.75, 3.05) is 25.0 Å². The molecule has 5 rings (SSSR count). The minimum atomic E-state index is -4.64. The lowest BCUT2D eigenvalue weighted by atomic mass is 9.92. The number of quaternary nitrogens is 1. The molecule has 0 bridgehead atoms. The highest BCUT2D eigenvalue weighted by Crippen LogP contribution is 2.46. The Morgan fingerprint density at radius 3 is 2.37 bits per heavy atom. The third kappa shape index (κ3) is 5.42. The molecule has 41 heavy (non-hydrogen) atoms. The number of aromatic carboxylic acids is 1. The molecule has 216 valence electrons. The normalized spacial score (nSPS) is 19.1. The summed E-state index contributed by atoms with van der Waals surface area (Å²) in [5, 5.41) is 9.60. The molecule has 2 atom stereocenters. The lowest BCUT2D eigenvalue weighted by molar-refractivity contribution is -0.887. The summed E-state index contributed by atoms with van der Waals surface area (Å²) in [5.41, 5.74) is 1.51. The van der Waals surface area contributed by atoms with Crippen molar-refractivity contribution in [3.05, 3.63) is 86.8 Å². The predicted octanol–water partition coefficient (Wildman–Crippen LogP) is 6.41. The summed E-state index contributed by atoms with van der Waals surface area (Å²) < 4.78 is 40.8. The van der Waals surface area contributed by atoms with E-state index in [2.05, 4.69) is 14.9 Å². The largest absolute Gasteiger partial charge is 0.478 e. The van der Waals surface area contributed by atoms with Crippen LogP contribution in [0.2, 0.25) is 5.02 Å². The van der Waals surface area contributed by atoms with Crippen molar-refractivity contribution in [3.63, 3.8) is 0 Å². The average Bonchev–Trinajstić information content (AvgIpc) is 3.35. The number of carbonyl (C=O) groups is 2. The number of carboxylic acid groups (broad SMARTS) is 1. The second-order valence-corrected chi connectivity index (χ2v) is 11.5. The number of halogens is 4. The number of nitrogens with zero attached hydrogens (tertiary/aromatic N) is 4. The number of amides is 1. The molecule has 1 aliphatic heterocycles. The van der Waals surface area contributed by atoms with Gasteiger partial charge >= 0.3 is 18.1 Å². The molecule has 0 radical (unpaired) electrons. The Morgan fingerprint density at radius 2 is 1.73 bits per heavy atom. The van der Waals surface area contributed by atoms with Crippen LogP contribution < -0.4 is 4.90 Å². The van der Waals surface area contributed by atoms with Gasteiger partial charge in [0.15, 0.2) is 0 Å². The summed E-state index contributed by atoms with van der Waals surface area (Å²) >= 11 is 6.39. The summed E-state index contributed by atoms with van der Waals surface area (Å²) in [6.45, 7) is 4.91. The predicted molar refractivity (Wildman–Crippen MR) is 148 cm³/mol. The van der Waals surface area contributed by atoms with Crippen molar-refractivity contribution in [3.8, 4) is 0 Å². The number of aryl methyl sites for hydroxylation is 3. The zero-order valence-electron chi connectivity index (χ0n) is 23.0. The summed E-state index contributed by atoms with van der Waals surface area (Å²) in [6, 6.07) is 8.97. The zero-order chi connectivity index (χ0) is 29.7. The minimum absolute atomic E-state index is 0.0470. The molecular formula is C30H31ClF3N4O3+. The van der Waals surface area contributed by atoms with Gasteiger partial charge in [-0.15, -0.1) is 0 Å². The summed E-state index contributed by atoms with van der Waals surface area (Å²) in [6.07, 6.45) is -2.30. The minimum Gasteiger partial charge on any atom is -0.478 e. The average molecular weight is 588 g/mol. The SMILES string of the molecule is Cc1cc(N2CCC([N+](C)(C(=O)c3cc(C(F)(F)F)ccc3Cl)[C@@H]3CCc4ccc(C(=O)O)cc43)CC2)nc(C)n1. The number of carboxylic acids is 1. The van der Waals surface area contributed by atoms with Gasteiger partial charge in [0.05, 0.1) is 34.8 Å². The maximum Gasteiger partial charge on any atom is 0.416 e. The maximum atomic E-state index is 14.5. The number of alkyl halides is 3. The van der Waals surface area contributed by atoms with Gasteiger partial charge in [-0.3, -0.25) is 0 Å². The fourth-order valence-corrected chi connectivity index (χ4v) is 6.65. The highest BCUT2D eigenvalue weighted by atomic mass is 35.5. The highest BCUT2D eigenvalue weighted by molar-refractivity contribution is 6.33. The first-order valence-electron chi connectivity index (χ1n) is 13.5. The zero-order valence-corrected chi connectivity index (χ0v) is 23.8. The second-order valence-electron chi connectivity index (χ2n) is 11.1. The number of fused-ring (bicyclic) bond motifs is 1. The fraction of sp³-hybridized carbons (Fsp3) is 0.400. The van der Waals surface area contributed by atoms with E-state index in [1.807, 2.05) is 19.9 Å². The molecule has 1 aliphatic carbocycles. The molecule has 0 saturated carbocycles. The molecule has 2 heterocycles. The van der Waals surface area contributed by atoms with E-state index in [1.54, 1.807) is 25.2 Å². The van der Waals surface area contributed by atoms with Crippen molar-refractivity contribution >= 4 is 29.3 Å². The molecule has 0 spiro atoms. The van der Waals surface area contributed by atoms with Crippen LogP contribution in [-0.2, 0) is 12.6 Å². The lowest BCUT2D eigenvalue weighted by Gasteiger charge is -2.47. The van der Waals surface area contributed by atoms with E-state index in [-0.39, 0.29) is 26.7 Å². The number of benzene rings is 2. The van der Waals surface area contributed by atoms with E-state index >= 15 is 0 Å². The van der Waals surface area contributed by atoms with Crippen LogP contribution in [0, 0.1) is 13.8 Å². The van der Waals surface area contributed by atoms with E-state index in [0.717, 1.165) is 40.8 Å². The van der Waals surface area contributed by atoms with Crippen LogP contribution in [-0.4, -0.2) is 57.6 Å². The molecule has 1 fully saturated rings. The Hall–Kier alpha value is -3.50. The van der Waals surface area contributed by atoms with Gasteiger partial charge in [-0.25, -0.2) is 24.0 Å². The molecule has 1 unspecified atom stereocenters. The molecule has 1 aromatic heterocycles. The van der Waals surface area contributed by atoms with Gasteiger partial charge in [-0.2, -0.15) is 13.2 Å². The van der Waals surface area contributed by atoms with Gasteiger partial charge in [-0.05, 0) is 56.2 Å². The third-order valence-corrected chi connectivity index (χ3v) is 8.88. The number of aromatic nitrogens is 2. The number of hydrogen-bond acceptors (Lipinski definition) is 5. The van der Waals surface area contributed by atoms with Crippen LogP contribution in [0.5, 0.6) is 0 Å². The summed E-state index contributed by atoms with van der Waals surface area (Å²) in [5.74, 6) is -0.128. The number of rotatable bonds is 5. The molecule has 11 heteroatoms. The van der Waals surface area contributed by atoms with Crippen LogP contribution >= 0.6 is 11.6 Å². The van der Waals surface area contributed by atoms with Gasteiger partial charge < -0.3 is 10.0 Å². The van der Waals surface area contributed by atoms with Gasteiger partial charge in [0.2, 0.25) is 0 Å². The monoisotopic (exact) mass is 587 g/mol. The fourth-order valence-electron chi connectivity index (χ4n) is 6.45. The number of anilines is 1. The van der Waals surface area contributed by atoms with Gasteiger partial charge in [0.25, 0.3) is 0 Å². The van der Waals surface area contributed by atoms with Crippen molar-refractivity contribution in [1.29, 1.82) is 0 Å². The molecular weight excluding hydrogens is 557 g/mol. The Kier molecular flexibility index (Phi) is 7.59. The van der Waals surface area contributed by atoms with Gasteiger partial charge in [0, 0.05) is 49.7 Å². The smallest absolute Gasteiger partial charge is 0.416 e. The summed E-state index contributed by atoms with van der Waals surface area (Å²) in [4.78, 5) is 37.3. The molecule has 7 nitrogen and oxygen atoms in total. The topological polar surface area (TPSA) is 83.4 Å². The Balaban J connectivity index is 1.56. The molecule has 2 aliphatic rings. The summed E-state index contributed by atoms with van der Waals surface area (Å²) in [7, 11) is 1.77. The first kappa shape index (κ1) is 29.0. The van der Waals surface area contributed by atoms with Crippen LogP contribution in [0.1, 0.15) is 74.2 Å². The van der Waals surface area contributed by atoms with E-state index in [0.29, 0.717) is 44.6 Å². The standard InChI is InChI=1S/C30H30ClF3N4O3/c1-17-14-27(36-18(2)35-17)37-12-10-22(11-13-37)38(3,26-9-6-19-4-5-20(29(40)41)15-23(19)26)28(39)24-16-21(30(32,33)34)7-8-25(24)31/h4-5,7-8,14-16,22,26H,6,9-13H2,1-3H3/p+1/t26-,38?/m1/s1. The lowest BCUT2D eigenvalue weighted by Crippen LogP contribution is -2.61. The highest BCUT2D eigenvalue weighted by Gasteiger charge is 2.51. The van der Waals surface area contributed by atoms with Gasteiger partial charge in [-0.1, -0.05) is 17.7 Å². The van der Waals surface area contributed by atoms with E-state index < -0.39 is 29.7 Å². The molecule has 1 saturated heterocycles. The van der Waals surface area contributed by atoms with Crippen LogP contribution in [0.25, 0.3) is 0 Å². The Bertz CT molecular complexity index is 1500. The first-order valence-corrected chi connectivity index (χ1v) is 13.9. The Morgan fingerprint density at radius 1 is 1.02 bits per heavy atom. The Labute approximate surface area is 241 Å². The molecule has 1 amide bonds. The first-order chi connectivity index (χ1) is 19.3. The number of carbonyl (C=O) groups excluding carboxylic acids is 1. The van der Waals surface area contributed by atoms with E-state index in [1.165, 1.54) is 0 Å². The van der Waals surface area contributed by atoms with Crippen molar-refractivity contribution in [2.45, 2.75) is 57.8 Å². The van der Waals surface area contributed by atoms with Crippen LogP contribution in [0.3, 0.4) is 0 Å². The van der Waals surface area contributed by atoms with Crippen LogP contribution in [0.4, 0.5) is 19.0 Å². The molecule has 1 N–H and O–H groups in total. The quantitative estimate of drug-likeness (QED) is 0.348. The van der Waals surface area contributed by atoms with E-state index in [9.17, 15) is 27.9 Å². The molecule has 3 aromatic rings. The maximum absolute atomic E-state index is 14.5. The number of piperidine rings is 1. The van der Waals surface area contributed by atoms with Crippen LogP contribution in [0.15, 0.2) is 42.5 Å². The molecule has 2 aromatic carbocycles. The number of hydrogen-bond donors (Lipinski definition) is 1. The van der Waals surface area contributed by atoms with Gasteiger partial charge in [0.1, 0.15) is 17.7 Å². The second kappa shape index (κ2) is 10.7. The van der Waals surface area contributed by atoms with Crippen molar-refractivity contribution in [1.82, 2.24) is 9.97 Å².